The van der Waals surface area contributed by atoms with Crippen molar-refractivity contribution in [3.63, 3.8) is 0 Å². The standard InChI is InChI=1S/C30H35ClN2O2/c1-3-4-19-32-30(35)28(21-24-12-6-5-7-13-24)33(22-25-14-10-11-23(2)20-25)29(34)18-17-26-15-8-9-16-27(26)31/h5-16,20,28H,3-4,17-19,21-22H2,1-2H3,(H,32,35)/t28-/m0/s1. The summed E-state index contributed by atoms with van der Waals surface area (Å²) in [4.78, 5) is 28.9. The van der Waals surface area contributed by atoms with Crippen LogP contribution in [0.1, 0.15) is 48.4 Å². The molecule has 1 atom stereocenters. The molecule has 0 aliphatic carbocycles. The summed E-state index contributed by atoms with van der Waals surface area (Å²) in [6, 6.07) is 25.0. The van der Waals surface area contributed by atoms with Crippen LogP contribution in [0.5, 0.6) is 0 Å². The molecule has 2 amide bonds. The van der Waals surface area contributed by atoms with Crippen LogP contribution in [-0.4, -0.2) is 29.3 Å². The molecule has 0 radical (unpaired) electrons. The van der Waals surface area contributed by atoms with Crippen LogP contribution in [0.15, 0.2) is 78.9 Å². The molecule has 35 heavy (non-hydrogen) atoms. The molecule has 0 heterocycles. The van der Waals surface area contributed by atoms with Gasteiger partial charge in [-0.2, -0.15) is 0 Å². The Morgan fingerprint density at radius 3 is 2.37 bits per heavy atom. The normalized spacial score (nSPS) is 11.6. The molecule has 0 saturated carbocycles. The Morgan fingerprint density at radius 2 is 1.66 bits per heavy atom. The molecule has 0 bridgehead atoms. The maximum atomic E-state index is 13.7. The average Bonchev–Trinajstić information content (AvgIpc) is 2.86. The van der Waals surface area contributed by atoms with Crippen LogP contribution in [0.25, 0.3) is 0 Å². The molecule has 0 aliphatic heterocycles. The van der Waals surface area contributed by atoms with Crippen LogP contribution in [0.4, 0.5) is 0 Å². The van der Waals surface area contributed by atoms with E-state index >= 15 is 0 Å². The van der Waals surface area contributed by atoms with Gasteiger partial charge in [0.25, 0.3) is 0 Å². The fourth-order valence-corrected chi connectivity index (χ4v) is 4.38. The van der Waals surface area contributed by atoms with Crippen molar-refractivity contribution in [3.8, 4) is 0 Å². The maximum absolute atomic E-state index is 13.7. The molecular weight excluding hydrogens is 456 g/mol. The van der Waals surface area contributed by atoms with Gasteiger partial charge in [-0.1, -0.05) is 103 Å². The number of hydrogen-bond donors (Lipinski definition) is 1. The Morgan fingerprint density at radius 1 is 0.943 bits per heavy atom. The summed E-state index contributed by atoms with van der Waals surface area (Å²) in [6.45, 7) is 5.11. The Kier molecular flexibility index (Phi) is 10.4. The number of hydrogen-bond acceptors (Lipinski definition) is 2. The first-order chi connectivity index (χ1) is 17.0. The predicted molar refractivity (Wildman–Crippen MR) is 143 cm³/mol. The van der Waals surface area contributed by atoms with Crippen molar-refractivity contribution >= 4 is 23.4 Å². The van der Waals surface area contributed by atoms with Gasteiger partial charge in [-0.05, 0) is 42.5 Å². The van der Waals surface area contributed by atoms with Gasteiger partial charge >= 0.3 is 0 Å². The van der Waals surface area contributed by atoms with Gasteiger partial charge < -0.3 is 10.2 Å². The second-order valence-corrected chi connectivity index (χ2v) is 9.36. The predicted octanol–water partition coefficient (Wildman–Crippen LogP) is 6.14. The van der Waals surface area contributed by atoms with Gasteiger partial charge in [-0.15, -0.1) is 0 Å². The van der Waals surface area contributed by atoms with Gasteiger partial charge in [0.2, 0.25) is 11.8 Å². The van der Waals surface area contributed by atoms with Gasteiger partial charge in [0, 0.05) is 31.0 Å². The second kappa shape index (κ2) is 13.7. The van der Waals surface area contributed by atoms with Crippen molar-refractivity contribution in [3.05, 3.63) is 106 Å². The first-order valence-electron chi connectivity index (χ1n) is 12.4. The van der Waals surface area contributed by atoms with Gasteiger partial charge in [0.15, 0.2) is 0 Å². The lowest BCUT2D eigenvalue weighted by Crippen LogP contribution is -2.50. The van der Waals surface area contributed by atoms with Crippen LogP contribution < -0.4 is 5.32 Å². The zero-order chi connectivity index (χ0) is 25.0. The molecule has 4 nitrogen and oxygen atoms in total. The highest BCUT2D eigenvalue weighted by Gasteiger charge is 2.30. The number of halogens is 1. The topological polar surface area (TPSA) is 49.4 Å². The van der Waals surface area contributed by atoms with Crippen molar-refractivity contribution in [2.75, 3.05) is 6.54 Å². The van der Waals surface area contributed by atoms with E-state index in [0.29, 0.717) is 31.0 Å². The highest BCUT2D eigenvalue weighted by atomic mass is 35.5. The molecule has 0 aromatic heterocycles. The van der Waals surface area contributed by atoms with E-state index in [1.54, 1.807) is 4.90 Å². The second-order valence-electron chi connectivity index (χ2n) is 8.95. The lowest BCUT2D eigenvalue weighted by molar-refractivity contribution is -0.141. The Balaban J connectivity index is 1.89. The Hall–Kier alpha value is -3.11. The molecular formula is C30H35ClN2O2. The fraction of sp³-hybridized carbons (Fsp3) is 0.333. The van der Waals surface area contributed by atoms with Gasteiger partial charge in [-0.3, -0.25) is 9.59 Å². The number of carbonyl (C=O) groups is 2. The number of amides is 2. The molecule has 0 saturated heterocycles. The molecule has 0 spiro atoms. The zero-order valence-electron chi connectivity index (χ0n) is 20.7. The monoisotopic (exact) mass is 490 g/mol. The Bertz CT molecular complexity index is 1100. The van der Waals surface area contributed by atoms with E-state index in [0.717, 1.165) is 35.1 Å². The lowest BCUT2D eigenvalue weighted by atomic mass is 10.0. The number of aryl methyl sites for hydroxylation is 2. The van der Waals surface area contributed by atoms with E-state index in [1.165, 1.54) is 0 Å². The average molecular weight is 491 g/mol. The molecule has 184 valence electrons. The summed E-state index contributed by atoms with van der Waals surface area (Å²) in [5.41, 5.74) is 4.09. The van der Waals surface area contributed by atoms with Crippen LogP contribution in [0, 0.1) is 6.92 Å². The van der Waals surface area contributed by atoms with E-state index in [4.69, 9.17) is 11.6 Å². The number of rotatable bonds is 12. The quantitative estimate of drug-likeness (QED) is 0.310. The number of unbranched alkanes of at least 4 members (excludes halogenated alkanes) is 1. The molecule has 5 heteroatoms. The zero-order valence-corrected chi connectivity index (χ0v) is 21.4. The SMILES string of the molecule is CCCCNC(=O)[C@H](Cc1ccccc1)N(Cc1cccc(C)c1)C(=O)CCc1ccccc1Cl. The third kappa shape index (κ3) is 8.25. The Labute approximate surface area is 214 Å². The minimum absolute atomic E-state index is 0.0574. The first kappa shape index (κ1) is 26.5. The summed E-state index contributed by atoms with van der Waals surface area (Å²) in [7, 11) is 0. The van der Waals surface area contributed by atoms with Gasteiger partial charge in [-0.25, -0.2) is 0 Å². The van der Waals surface area contributed by atoms with Crippen LogP contribution in [0.3, 0.4) is 0 Å². The summed E-state index contributed by atoms with van der Waals surface area (Å²) in [5.74, 6) is -0.168. The van der Waals surface area contributed by atoms with Crippen molar-refractivity contribution in [2.24, 2.45) is 0 Å². The highest BCUT2D eigenvalue weighted by Crippen LogP contribution is 2.20. The van der Waals surface area contributed by atoms with Crippen LogP contribution in [-0.2, 0) is 29.0 Å². The minimum atomic E-state index is -0.603. The van der Waals surface area contributed by atoms with Gasteiger partial charge in [0.1, 0.15) is 6.04 Å². The molecule has 3 aromatic rings. The molecule has 0 unspecified atom stereocenters. The van der Waals surface area contributed by atoms with E-state index in [1.807, 2.05) is 79.7 Å². The van der Waals surface area contributed by atoms with E-state index in [-0.39, 0.29) is 18.2 Å². The van der Waals surface area contributed by atoms with E-state index < -0.39 is 6.04 Å². The highest BCUT2D eigenvalue weighted by molar-refractivity contribution is 6.31. The third-order valence-corrected chi connectivity index (χ3v) is 6.47. The summed E-state index contributed by atoms with van der Waals surface area (Å²) < 4.78 is 0. The van der Waals surface area contributed by atoms with Crippen LogP contribution >= 0.6 is 11.6 Å². The maximum Gasteiger partial charge on any atom is 0.243 e. The van der Waals surface area contributed by atoms with Crippen LogP contribution in [0.2, 0.25) is 5.02 Å². The first-order valence-corrected chi connectivity index (χ1v) is 12.8. The van der Waals surface area contributed by atoms with Crippen molar-refractivity contribution in [1.82, 2.24) is 10.2 Å². The number of nitrogens with zero attached hydrogens (tertiary/aromatic N) is 1. The smallest absolute Gasteiger partial charge is 0.243 e. The number of nitrogens with one attached hydrogen (secondary N) is 1. The van der Waals surface area contributed by atoms with Crippen molar-refractivity contribution in [1.29, 1.82) is 0 Å². The lowest BCUT2D eigenvalue weighted by Gasteiger charge is -2.32. The summed E-state index contributed by atoms with van der Waals surface area (Å²) in [6.07, 6.45) is 3.17. The summed E-state index contributed by atoms with van der Waals surface area (Å²) in [5, 5.41) is 3.72. The van der Waals surface area contributed by atoms with Gasteiger partial charge in [0.05, 0.1) is 0 Å². The molecule has 3 aromatic carbocycles. The van der Waals surface area contributed by atoms with Crippen molar-refractivity contribution in [2.45, 2.75) is 58.5 Å². The third-order valence-electron chi connectivity index (χ3n) is 6.10. The number of benzene rings is 3. The fourth-order valence-electron chi connectivity index (χ4n) is 4.15. The largest absolute Gasteiger partial charge is 0.354 e. The summed E-state index contributed by atoms with van der Waals surface area (Å²) >= 11 is 6.34. The molecule has 0 fully saturated rings. The van der Waals surface area contributed by atoms with Crippen molar-refractivity contribution < 1.29 is 9.59 Å². The molecule has 1 N–H and O–H groups in total. The van der Waals surface area contributed by atoms with E-state index in [2.05, 4.69) is 18.3 Å². The number of carbonyl (C=O) groups excluding carboxylic acids is 2. The molecule has 0 aliphatic rings. The minimum Gasteiger partial charge on any atom is -0.354 e. The van der Waals surface area contributed by atoms with E-state index in [9.17, 15) is 9.59 Å². The molecule has 3 rings (SSSR count).